The predicted molar refractivity (Wildman–Crippen MR) is 76.4 cm³/mol. The Hall–Kier alpha value is -1.52. The highest BCUT2D eigenvalue weighted by Gasteiger charge is 2.20. The first kappa shape index (κ1) is 13.9. The Balaban J connectivity index is 2.26. The Labute approximate surface area is 118 Å². The molecule has 2 unspecified atom stereocenters. The van der Waals surface area contributed by atoms with Crippen LogP contribution in [0.5, 0.6) is 5.75 Å². The molecule has 0 bridgehead atoms. The van der Waals surface area contributed by atoms with Crippen molar-refractivity contribution in [3.63, 3.8) is 0 Å². The molecule has 102 valence electrons. The van der Waals surface area contributed by atoms with Crippen molar-refractivity contribution in [1.29, 1.82) is 0 Å². The first-order valence-corrected chi connectivity index (χ1v) is 6.52. The average Bonchev–Trinajstić information content (AvgIpc) is 2.74. The second-order valence-corrected chi connectivity index (χ2v) is 5.19. The maximum Gasteiger partial charge on any atom is 0.141 e. The minimum Gasteiger partial charge on any atom is -0.484 e. The summed E-state index contributed by atoms with van der Waals surface area (Å²) in [6.07, 6.45) is 3.46. The zero-order chi connectivity index (χ0) is 14.0. The van der Waals surface area contributed by atoms with E-state index in [1.165, 1.54) is 0 Å². The average molecular weight is 280 g/mol. The summed E-state index contributed by atoms with van der Waals surface area (Å²) in [5.74, 6) is 0.788. The number of nitrogens with zero attached hydrogens (tertiary/aromatic N) is 2. The van der Waals surface area contributed by atoms with Crippen LogP contribution in [0.3, 0.4) is 0 Å². The SMILES string of the molecule is Cc1cc(Cl)ccc1OC(c1cnn(C)c1)C(C)N. The number of halogens is 1. The standard InChI is InChI=1S/C14H18ClN3O/c1-9-6-12(15)4-5-13(9)19-14(10(2)16)11-7-17-18(3)8-11/h4-8,10,14H,16H2,1-3H3. The molecule has 0 saturated heterocycles. The number of hydrogen-bond acceptors (Lipinski definition) is 3. The van der Waals surface area contributed by atoms with E-state index in [-0.39, 0.29) is 12.1 Å². The number of aromatic nitrogens is 2. The van der Waals surface area contributed by atoms with Gasteiger partial charge in [-0.1, -0.05) is 11.6 Å². The number of rotatable bonds is 4. The predicted octanol–water partition coefficient (Wildman–Crippen LogP) is 2.85. The maximum absolute atomic E-state index is 6.02. The lowest BCUT2D eigenvalue weighted by molar-refractivity contribution is 0.179. The van der Waals surface area contributed by atoms with Crippen LogP contribution in [-0.2, 0) is 7.05 Å². The summed E-state index contributed by atoms with van der Waals surface area (Å²) in [6.45, 7) is 3.88. The van der Waals surface area contributed by atoms with Gasteiger partial charge in [0.15, 0.2) is 0 Å². The van der Waals surface area contributed by atoms with E-state index < -0.39 is 0 Å². The molecule has 0 aliphatic carbocycles. The van der Waals surface area contributed by atoms with E-state index in [1.807, 2.05) is 45.3 Å². The van der Waals surface area contributed by atoms with Gasteiger partial charge in [-0.25, -0.2) is 0 Å². The van der Waals surface area contributed by atoms with Crippen molar-refractivity contribution in [3.05, 3.63) is 46.7 Å². The van der Waals surface area contributed by atoms with Crippen LogP contribution in [0.2, 0.25) is 5.02 Å². The number of benzene rings is 1. The lowest BCUT2D eigenvalue weighted by Crippen LogP contribution is -2.29. The van der Waals surface area contributed by atoms with Gasteiger partial charge in [0.25, 0.3) is 0 Å². The smallest absolute Gasteiger partial charge is 0.141 e. The summed E-state index contributed by atoms with van der Waals surface area (Å²) in [5, 5.41) is 4.86. The quantitative estimate of drug-likeness (QED) is 0.936. The maximum atomic E-state index is 6.02. The third-order valence-electron chi connectivity index (χ3n) is 2.92. The summed E-state index contributed by atoms with van der Waals surface area (Å²) in [4.78, 5) is 0. The number of nitrogens with two attached hydrogens (primary N) is 1. The van der Waals surface area contributed by atoms with Gasteiger partial charge in [0.05, 0.1) is 6.20 Å². The molecule has 2 atom stereocenters. The molecule has 0 radical (unpaired) electrons. The molecule has 0 saturated carbocycles. The highest BCUT2D eigenvalue weighted by atomic mass is 35.5. The monoisotopic (exact) mass is 279 g/mol. The first-order valence-electron chi connectivity index (χ1n) is 6.14. The highest BCUT2D eigenvalue weighted by Crippen LogP contribution is 2.28. The van der Waals surface area contributed by atoms with E-state index in [9.17, 15) is 0 Å². The van der Waals surface area contributed by atoms with E-state index in [1.54, 1.807) is 10.9 Å². The van der Waals surface area contributed by atoms with E-state index >= 15 is 0 Å². The lowest BCUT2D eigenvalue weighted by atomic mass is 10.1. The Morgan fingerprint density at radius 2 is 2.16 bits per heavy atom. The third-order valence-corrected chi connectivity index (χ3v) is 3.16. The zero-order valence-electron chi connectivity index (χ0n) is 11.3. The van der Waals surface area contributed by atoms with Crippen molar-refractivity contribution >= 4 is 11.6 Å². The van der Waals surface area contributed by atoms with Crippen LogP contribution in [-0.4, -0.2) is 15.8 Å². The normalized spacial score (nSPS) is 14.2. The van der Waals surface area contributed by atoms with Crippen molar-refractivity contribution in [1.82, 2.24) is 9.78 Å². The van der Waals surface area contributed by atoms with E-state index in [0.717, 1.165) is 16.9 Å². The summed E-state index contributed by atoms with van der Waals surface area (Å²) in [6, 6.07) is 5.41. The topological polar surface area (TPSA) is 53.1 Å². The van der Waals surface area contributed by atoms with Crippen molar-refractivity contribution in [2.75, 3.05) is 0 Å². The Bertz CT molecular complexity index is 566. The van der Waals surface area contributed by atoms with Crippen LogP contribution in [0.25, 0.3) is 0 Å². The summed E-state index contributed by atoms with van der Waals surface area (Å²) < 4.78 is 7.76. The molecular formula is C14H18ClN3O. The number of aryl methyl sites for hydroxylation is 2. The second-order valence-electron chi connectivity index (χ2n) is 4.75. The van der Waals surface area contributed by atoms with Crippen LogP contribution >= 0.6 is 11.6 Å². The van der Waals surface area contributed by atoms with Crippen molar-refractivity contribution in [2.24, 2.45) is 12.8 Å². The van der Waals surface area contributed by atoms with E-state index in [0.29, 0.717) is 5.02 Å². The van der Waals surface area contributed by atoms with E-state index in [4.69, 9.17) is 22.1 Å². The molecule has 1 aromatic heterocycles. The number of ether oxygens (including phenoxy) is 1. The van der Waals surface area contributed by atoms with Gasteiger partial charge in [-0.15, -0.1) is 0 Å². The van der Waals surface area contributed by atoms with Gasteiger partial charge in [-0.2, -0.15) is 5.10 Å². The van der Waals surface area contributed by atoms with Gasteiger partial charge in [-0.05, 0) is 37.6 Å². The van der Waals surface area contributed by atoms with Crippen LogP contribution in [0.15, 0.2) is 30.6 Å². The minimum absolute atomic E-state index is 0.140. The summed E-state index contributed by atoms with van der Waals surface area (Å²) in [5.41, 5.74) is 7.97. The molecule has 2 N–H and O–H groups in total. The van der Waals surface area contributed by atoms with Gasteiger partial charge in [-0.3, -0.25) is 4.68 Å². The minimum atomic E-state index is -0.228. The first-order chi connectivity index (χ1) is 8.97. The fourth-order valence-corrected chi connectivity index (χ4v) is 2.17. The molecule has 1 aromatic carbocycles. The molecule has 0 fully saturated rings. The van der Waals surface area contributed by atoms with Gasteiger partial charge < -0.3 is 10.5 Å². The van der Waals surface area contributed by atoms with E-state index in [2.05, 4.69) is 5.10 Å². The molecule has 0 spiro atoms. The molecule has 2 aromatic rings. The van der Waals surface area contributed by atoms with Crippen LogP contribution in [0.1, 0.15) is 24.2 Å². The van der Waals surface area contributed by atoms with Crippen LogP contribution in [0, 0.1) is 6.92 Å². The van der Waals surface area contributed by atoms with Crippen LogP contribution < -0.4 is 10.5 Å². The molecule has 0 amide bonds. The van der Waals surface area contributed by atoms with Gasteiger partial charge in [0.1, 0.15) is 11.9 Å². The molecule has 19 heavy (non-hydrogen) atoms. The Morgan fingerprint density at radius 3 is 2.68 bits per heavy atom. The fraction of sp³-hybridized carbons (Fsp3) is 0.357. The molecule has 4 nitrogen and oxygen atoms in total. The molecule has 1 heterocycles. The molecule has 0 aliphatic rings. The fourth-order valence-electron chi connectivity index (χ4n) is 1.95. The molecular weight excluding hydrogens is 262 g/mol. The molecule has 2 rings (SSSR count). The molecule has 0 aliphatic heterocycles. The molecule has 5 heteroatoms. The zero-order valence-corrected chi connectivity index (χ0v) is 12.1. The van der Waals surface area contributed by atoms with Gasteiger partial charge in [0.2, 0.25) is 0 Å². The summed E-state index contributed by atoms with van der Waals surface area (Å²) in [7, 11) is 1.87. The van der Waals surface area contributed by atoms with Crippen LogP contribution in [0.4, 0.5) is 0 Å². The second kappa shape index (κ2) is 5.63. The van der Waals surface area contributed by atoms with Crippen molar-refractivity contribution in [2.45, 2.75) is 26.0 Å². The summed E-state index contributed by atoms with van der Waals surface area (Å²) >= 11 is 5.94. The highest BCUT2D eigenvalue weighted by molar-refractivity contribution is 6.30. The van der Waals surface area contributed by atoms with Crippen molar-refractivity contribution in [3.8, 4) is 5.75 Å². The Kier molecular flexibility index (Phi) is 4.12. The third kappa shape index (κ3) is 3.28. The largest absolute Gasteiger partial charge is 0.484 e. The van der Waals surface area contributed by atoms with Crippen molar-refractivity contribution < 1.29 is 4.74 Å². The Morgan fingerprint density at radius 1 is 1.42 bits per heavy atom. The lowest BCUT2D eigenvalue weighted by Gasteiger charge is -2.22. The number of hydrogen-bond donors (Lipinski definition) is 1. The van der Waals surface area contributed by atoms with Gasteiger partial charge >= 0.3 is 0 Å². The van der Waals surface area contributed by atoms with Gasteiger partial charge in [0, 0.05) is 29.9 Å².